The topological polar surface area (TPSA) is 86.7 Å². The second-order valence-electron chi connectivity index (χ2n) is 5.29. The van der Waals surface area contributed by atoms with Crippen molar-refractivity contribution < 1.29 is 23.9 Å². The zero-order chi connectivity index (χ0) is 18.3. The van der Waals surface area contributed by atoms with Gasteiger partial charge >= 0.3 is 0 Å². The van der Waals surface area contributed by atoms with Crippen molar-refractivity contribution in [3.05, 3.63) is 33.6 Å². The summed E-state index contributed by atoms with van der Waals surface area (Å²) < 4.78 is 14.1. The van der Waals surface area contributed by atoms with Gasteiger partial charge < -0.3 is 20.1 Å². The van der Waals surface area contributed by atoms with Crippen molar-refractivity contribution in [1.29, 1.82) is 0 Å². The number of amides is 2. The molecule has 0 spiro atoms. The number of aliphatic hydroxyl groups is 1. The molecule has 1 aromatic carbocycles. The minimum Gasteiger partial charge on any atom is -0.392 e. The second kappa shape index (κ2) is 9.34. The molecule has 1 aromatic rings. The molecule has 0 radical (unpaired) electrons. The first kappa shape index (κ1) is 20.1. The number of nitrogens with zero attached hydrogens (tertiary/aromatic N) is 1. The van der Waals surface area contributed by atoms with Gasteiger partial charge in [0, 0.05) is 30.6 Å². The summed E-state index contributed by atoms with van der Waals surface area (Å²) in [4.78, 5) is 35.1. The van der Waals surface area contributed by atoms with E-state index >= 15 is 0 Å². The summed E-state index contributed by atoms with van der Waals surface area (Å²) in [5.74, 6) is -0.851. The fraction of sp³-hybridized carbons (Fsp3) is 0.438. The lowest BCUT2D eigenvalue weighted by molar-refractivity contribution is -0.127. The summed E-state index contributed by atoms with van der Waals surface area (Å²) >= 11 is 6.11. The van der Waals surface area contributed by atoms with E-state index in [2.05, 4.69) is 5.32 Å². The molecule has 2 amide bonds. The van der Waals surface area contributed by atoms with Crippen LogP contribution in [0, 0.1) is 12.7 Å². The first-order valence-electron chi connectivity index (χ1n) is 7.33. The standard InChI is InChI=1S/C16H20ClFN2O4/c1-10-13(14(17)5-11(7-21)16(10)18)6-20(9-23)12(8-22)3-4-15(24)19-2/h5,8-9,12,21H,3-4,6-7H2,1-2H3,(H,19,24). The molecule has 6 nitrogen and oxygen atoms in total. The highest BCUT2D eigenvalue weighted by Crippen LogP contribution is 2.27. The number of nitrogens with one attached hydrogen (secondary N) is 1. The number of hydrogen-bond donors (Lipinski definition) is 2. The maximum absolute atomic E-state index is 14.1. The molecule has 132 valence electrons. The summed E-state index contributed by atoms with van der Waals surface area (Å²) in [5, 5.41) is 11.7. The number of carbonyl (C=O) groups is 3. The predicted octanol–water partition coefficient (Wildman–Crippen LogP) is 1.33. The first-order chi connectivity index (χ1) is 11.4. The third-order valence-electron chi connectivity index (χ3n) is 3.83. The Kier molecular flexibility index (Phi) is 7.81. The number of benzene rings is 1. The molecule has 1 rings (SSSR count). The lowest BCUT2D eigenvalue weighted by Crippen LogP contribution is -2.36. The van der Waals surface area contributed by atoms with Crippen LogP contribution in [0.1, 0.15) is 29.5 Å². The van der Waals surface area contributed by atoms with Crippen molar-refractivity contribution in [1.82, 2.24) is 10.2 Å². The van der Waals surface area contributed by atoms with Gasteiger partial charge in [0.15, 0.2) is 0 Å². The van der Waals surface area contributed by atoms with Crippen LogP contribution in [0.2, 0.25) is 5.02 Å². The Morgan fingerprint density at radius 2 is 2.17 bits per heavy atom. The summed E-state index contributed by atoms with van der Waals surface area (Å²) in [6.07, 6.45) is 1.26. The predicted molar refractivity (Wildman–Crippen MR) is 86.8 cm³/mol. The molecule has 0 fully saturated rings. The summed E-state index contributed by atoms with van der Waals surface area (Å²) in [5.41, 5.74) is 0.616. The number of carbonyl (C=O) groups excluding carboxylic acids is 3. The fourth-order valence-corrected chi connectivity index (χ4v) is 2.63. The average Bonchev–Trinajstić information content (AvgIpc) is 2.59. The quantitative estimate of drug-likeness (QED) is 0.652. The van der Waals surface area contributed by atoms with Crippen LogP contribution in [0.25, 0.3) is 0 Å². The van der Waals surface area contributed by atoms with Crippen molar-refractivity contribution in [3.63, 3.8) is 0 Å². The number of halogens is 2. The molecule has 24 heavy (non-hydrogen) atoms. The summed E-state index contributed by atoms with van der Waals surface area (Å²) in [6.45, 7) is 0.917. The fourth-order valence-electron chi connectivity index (χ4n) is 2.30. The smallest absolute Gasteiger partial charge is 0.219 e. The molecule has 0 saturated carbocycles. The molecule has 0 aliphatic heterocycles. The van der Waals surface area contributed by atoms with Gasteiger partial charge in [0.05, 0.1) is 12.6 Å². The second-order valence-corrected chi connectivity index (χ2v) is 5.69. The molecular formula is C16H20ClFN2O4. The van der Waals surface area contributed by atoms with Gasteiger partial charge in [-0.05, 0) is 30.5 Å². The highest BCUT2D eigenvalue weighted by Gasteiger charge is 2.21. The third kappa shape index (κ3) is 4.75. The van der Waals surface area contributed by atoms with Crippen molar-refractivity contribution in [2.75, 3.05) is 7.05 Å². The average molecular weight is 359 g/mol. The van der Waals surface area contributed by atoms with Crippen LogP contribution in [0.3, 0.4) is 0 Å². The molecule has 0 aliphatic rings. The molecule has 2 N–H and O–H groups in total. The van der Waals surface area contributed by atoms with Crippen LogP contribution >= 0.6 is 11.6 Å². The zero-order valence-corrected chi connectivity index (χ0v) is 14.3. The maximum Gasteiger partial charge on any atom is 0.219 e. The van der Waals surface area contributed by atoms with E-state index in [1.807, 2.05) is 0 Å². The molecule has 1 unspecified atom stereocenters. The van der Waals surface area contributed by atoms with E-state index in [1.165, 1.54) is 24.9 Å². The SMILES string of the molecule is CNC(=O)CCC(C=O)N(C=O)Cc1c(Cl)cc(CO)c(F)c1C. The molecule has 1 atom stereocenters. The summed E-state index contributed by atoms with van der Waals surface area (Å²) in [7, 11) is 1.48. The van der Waals surface area contributed by atoms with Gasteiger partial charge in [-0.3, -0.25) is 9.59 Å². The molecule has 0 heterocycles. The Balaban J connectivity index is 3.02. The Labute approximate surface area is 144 Å². The Morgan fingerprint density at radius 1 is 1.50 bits per heavy atom. The first-order valence-corrected chi connectivity index (χ1v) is 7.71. The van der Waals surface area contributed by atoms with Crippen molar-refractivity contribution in [2.45, 2.75) is 39.0 Å². The van der Waals surface area contributed by atoms with E-state index in [0.29, 0.717) is 18.3 Å². The van der Waals surface area contributed by atoms with Gasteiger partial charge in [0.2, 0.25) is 12.3 Å². The molecule has 0 saturated heterocycles. The monoisotopic (exact) mass is 358 g/mol. The Morgan fingerprint density at radius 3 is 2.67 bits per heavy atom. The van der Waals surface area contributed by atoms with Crippen LogP contribution in [-0.2, 0) is 27.5 Å². The zero-order valence-electron chi connectivity index (χ0n) is 13.5. The van der Waals surface area contributed by atoms with Crippen LogP contribution in [0.5, 0.6) is 0 Å². The molecule has 0 aliphatic carbocycles. The van der Waals surface area contributed by atoms with Gasteiger partial charge in [0.1, 0.15) is 12.1 Å². The normalized spacial score (nSPS) is 11.7. The van der Waals surface area contributed by atoms with Crippen LogP contribution in [-0.4, -0.2) is 41.7 Å². The van der Waals surface area contributed by atoms with Crippen molar-refractivity contribution >= 4 is 30.2 Å². The van der Waals surface area contributed by atoms with Crippen molar-refractivity contribution in [2.24, 2.45) is 0 Å². The highest BCUT2D eigenvalue weighted by atomic mass is 35.5. The third-order valence-corrected chi connectivity index (χ3v) is 4.17. The lowest BCUT2D eigenvalue weighted by atomic mass is 10.0. The molecular weight excluding hydrogens is 339 g/mol. The van der Waals surface area contributed by atoms with E-state index in [9.17, 15) is 18.8 Å². The summed E-state index contributed by atoms with van der Waals surface area (Å²) in [6, 6.07) is 0.471. The van der Waals surface area contributed by atoms with Gasteiger partial charge in [-0.15, -0.1) is 0 Å². The van der Waals surface area contributed by atoms with Gasteiger partial charge in [-0.1, -0.05) is 11.6 Å². The van der Waals surface area contributed by atoms with E-state index in [0.717, 1.165) is 0 Å². The maximum atomic E-state index is 14.1. The van der Waals surface area contributed by atoms with Gasteiger partial charge in [-0.2, -0.15) is 0 Å². The van der Waals surface area contributed by atoms with E-state index < -0.39 is 18.5 Å². The molecule has 0 aromatic heterocycles. The van der Waals surface area contributed by atoms with E-state index in [-0.39, 0.29) is 41.4 Å². The Bertz CT molecular complexity index is 625. The minimum atomic E-state index is -0.823. The molecule has 0 bridgehead atoms. The molecule has 8 heteroatoms. The lowest BCUT2D eigenvalue weighted by Gasteiger charge is -2.25. The van der Waals surface area contributed by atoms with Gasteiger partial charge in [-0.25, -0.2) is 4.39 Å². The van der Waals surface area contributed by atoms with E-state index in [1.54, 1.807) is 0 Å². The minimum absolute atomic E-state index is 0.0606. The van der Waals surface area contributed by atoms with Gasteiger partial charge in [0.25, 0.3) is 0 Å². The van der Waals surface area contributed by atoms with Crippen LogP contribution in [0.15, 0.2) is 6.07 Å². The highest BCUT2D eigenvalue weighted by molar-refractivity contribution is 6.31. The van der Waals surface area contributed by atoms with Crippen LogP contribution in [0.4, 0.5) is 4.39 Å². The number of aldehydes is 1. The number of rotatable bonds is 9. The Hall–Kier alpha value is -1.99. The van der Waals surface area contributed by atoms with E-state index in [4.69, 9.17) is 16.7 Å². The number of aliphatic hydroxyl groups excluding tert-OH is 1. The van der Waals surface area contributed by atoms with Crippen LogP contribution < -0.4 is 5.32 Å². The number of hydrogen-bond acceptors (Lipinski definition) is 4. The van der Waals surface area contributed by atoms with Crippen molar-refractivity contribution in [3.8, 4) is 0 Å². The largest absolute Gasteiger partial charge is 0.392 e.